The topological polar surface area (TPSA) is 104 Å². The smallest absolute Gasteiger partial charge is 0.311 e. The predicted molar refractivity (Wildman–Crippen MR) is 81.8 cm³/mol. The average Bonchev–Trinajstić information content (AvgIpc) is 3.26. The van der Waals surface area contributed by atoms with Crippen LogP contribution in [0, 0.1) is 5.41 Å². The van der Waals surface area contributed by atoms with Gasteiger partial charge in [0.25, 0.3) is 11.8 Å². The van der Waals surface area contributed by atoms with E-state index in [9.17, 15) is 19.2 Å². The van der Waals surface area contributed by atoms with Crippen LogP contribution in [-0.2, 0) is 9.59 Å². The van der Waals surface area contributed by atoms with E-state index in [1.807, 2.05) is 0 Å². The first-order valence-corrected chi connectivity index (χ1v) is 7.79. The molecule has 0 atom stereocenters. The third-order valence-corrected chi connectivity index (χ3v) is 4.66. The molecule has 8 heteroatoms. The average molecular weight is 381 g/mol. The lowest BCUT2D eigenvalue weighted by molar-refractivity contribution is -0.143. The van der Waals surface area contributed by atoms with Crippen LogP contribution in [0.5, 0.6) is 0 Å². The molecular weight excluding hydrogens is 368 g/mol. The van der Waals surface area contributed by atoms with Crippen LogP contribution in [0.1, 0.15) is 33.6 Å². The highest BCUT2D eigenvalue weighted by Crippen LogP contribution is 2.45. The summed E-state index contributed by atoms with van der Waals surface area (Å²) >= 11 is 3.23. The highest BCUT2D eigenvalue weighted by Gasteiger charge is 2.50. The number of benzene rings is 1. The molecule has 1 fully saturated rings. The molecule has 0 saturated heterocycles. The number of carboxylic acids is 1. The van der Waals surface area contributed by atoms with Gasteiger partial charge in [-0.05, 0) is 31.0 Å². The summed E-state index contributed by atoms with van der Waals surface area (Å²) in [5, 5.41) is 11.6. The van der Waals surface area contributed by atoms with Gasteiger partial charge in [-0.25, -0.2) is 0 Å². The normalized spacial score (nSPS) is 17.9. The maximum atomic E-state index is 12.2. The molecule has 0 bridgehead atoms. The molecule has 3 amide bonds. The Labute approximate surface area is 139 Å². The molecule has 2 N–H and O–H groups in total. The molecule has 23 heavy (non-hydrogen) atoms. The second-order valence-electron chi connectivity index (χ2n) is 5.75. The Morgan fingerprint density at radius 1 is 1.22 bits per heavy atom. The fourth-order valence-electron chi connectivity index (χ4n) is 2.49. The third-order valence-electron chi connectivity index (χ3n) is 4.17. The summed E-state index contributed by atoms with van der Waals surface area (Å²) in [5.74, 6) is -2.54. The van der Waals surface area contributed by atoms with E-state index < -0.39 is 35.7 Å². The number of rotatable bonds is 5. The number of carboxylic acid groups (broad SMARTS) is 1. The van der Waals surface area contributed by atoms with E-state index in [-0.39, 0.29) is 17.7 Å². The Morgan fingerprint density at radius 3 is 2.48 bits per heavy atom. The van der Waals surface area contributed by atoms with Crippen molar-refractivity contribution in [3.8, 4) is 0 Å². The fourth-order valence-corrected chi connectivity index (χ4v) is 2.85. The van der Waals surface area contributed by atoms with Gasteiger partial charge in [0.15, 0.2) is 0 Å². The number of halogens is 1. The molecule has 1 aromatic carbocycles. The summed E-state index contributed by atoms with van der Waals surface area (Å²) in [6.45, 7) is -0.407. The largest absolute Gasteiger partial charge is 0.481 e. The molecule has 7 nitrogen and oxygen atoms in total. The molecule has 0 spiro atoms. The van der Waals surface area contributed by atoms with Crippen LogP contribution < -0.4 is 5.32 Å². The summed E-state index contributed by atoms with van der Waals surface area (Å²) < 4.78 is 0.667. The first kappa shape index (κ1) is 15.7. The van der Waals surface area contributed by atoms with Crippen molar-refractivity contribution < 1.29 is 24.3 Å². The Hall–Kier alpha value is -2.22. The van der Waals surface area contributed by atoms with Gasteiger partial charge in [-0.15, -0.1) is 0 Å². The van der Waals surface area contributed by atoms with Gasteiger partial charge in [0, 0.05) is 11.0 Å². The van der Waals surface area contributed by atoms with Gasteiger partial charge in [0.05, 0.1) is 16.5 Å². The monoisotopic (exact) mass is 380 g/mol. The van der Waals surface area contributed by atoms with Crippen molar-refractivity contribution in [1.29, 1.82) is 0 Å². The van der Waals surface area contributed by atoms with Crippen LogP contribution in [0.15, 0.2) is 22.7 Å². The highest BCUT2D eigenvalue weighted by molar-refractivity contribution is 9.10. The molecule has 0 aromatic heterocycles. The summed E-state index contributed by atoms with van der Waals surface area (Å²) in [4.78, 5) is 48.3. The maximum absolute atomic E-state index is 12.2. The van der Waals surface area contributed by atoms with Crippen molar-refractivity contribution >= 4 is 39.6 Å². The molecule has 3 rings (SSSR count). The van der Waals surface area contributed by atoms with Crippen molar-refractivity contribution in [3.63, 3.8) is 0 Å². The predicted octanol–water partition coefficient (Wildman–Crippen LogP) is 1.03. The number of hydrogen-bond acceptors (Lipinski definition) is 4. The zero-order chi connectivity index (χ0) is 16.8. The second kappa shape index (κ2) is 5.45. The molecule has 0 radical (unpaired) electrons. The summed E-state index contributed by atoms with van der Waals surface area (Å²) in [7, 11) is 0. The number of nitrogens with zero attached hydrogens (tertiary/aromatic N) is 1. The number of imide groups is 1. The lowest BCUT2D eigenvalue weighted by Gasteiger charge is -2.15. The maximum Gasteiger partial charge on any atom is 0.311 e. The Bertz CT molecular complexity index is 741. The van der Waals surface area contributed by atoms with Crippen molar-refractivity contribution in [1.82, 2.24) is 10.2 Å². The van der Waals surface area contributed by atoms with E-state index in [1.165, 1.54) is 12.1 Å². The van der Waals surface area contributed by atoms with E-state index in [1.54, 1.807) is 6.07 Å². The summed E-state index contributed by atoms with van der Waals surface area (Å²) in [5.41, 5.74) is -0.376. The van der Waals surface area contributed by atoms with Gasteiger partial charge in [-0.1, -0.05) is 15.9 Å². The van der Waals surface area contributed by atoms with Crippen molar-refractivity contribution in [2.75, 3.05) is 13.1 Å². The van der Waals surface area contributed by atoms with Crippen molar-refractivity contribution in [3.05, 3.63) is 33.8 Å². The van der Waals surface area contributed by atoms with Gasteiger partial charge in [0.1, 0.15) is 6.54 Å². The number of aliphatic carboxylic acids is 1. The minimum atomic E-state index is -0.941. The molecular formula is C15H13BrN2O5. The van der Waals surface area contributed by atoms with E-state index in [0.717, 1.165) is 4.90 Å². The van der Waals surface area contributed by atoms with Crippen LogP contribution in [0.4, 0.5) is 0 Å². The number of fused-ring (bicyclic) bond motifs is 1. The quantitative estimate of drug-likeness (QED) is 0.742. The van der Waals surface area contributed by atoms with Crippen LogP contribution in [-0.4, -0.2) is 46.8 Å². The zero-order valence-electron chi connectivity index (χ0n) is 12.0. The highest BCUT2D eigenvalue weighted by atomic mass is 79.9. The fraction of sp³-hybridized carbons (Fsp3) is 0.333. The van der Waals surface area contributed by atoms with E-state index in [2.05, 4.69) is 21.2 Å². The number of carbonyl (C=O) groups excluding carboxylic acids is 3. The molecule has 1 heterocycles. The molecule has 1 aliphatic carbocycles. The minimum absolute atomic E-state index is 0.00981. The first-order valence-electron chi connectivity index (χ1n) is 7.00. The molecule has 0 unspecified atom stereocenters. The van der Waals surface area contributed by atoms with Gasteiger partial charge in [-0.2, -0.15) is 0 Å². The zero-order valence-corrected chi connectivity index (χ0v) is 13.6. The van der Waals surface area contributed by atoms with Crippen molar-refractivity contribution in [2.24, 2.45) is 5.41 Å². The molecule has 2 aliphatic rings. The Morgan fingerprint density at radius 2 is 1.87 bits per heavy atom. The van der Waals surface area contributed by atoms with Crippen LogP contribution in [0.25, 0.3) is 0 Å². The molecule has 1 aromatic rings. The van der Waals surface area contributed by atoms with Gasteiger partial charge in [-0.3, -0.25) is 24.1 Å². The lowest BCUT2D eigenvalue weighted by atomic mass is 10.1. The van der Waals surface area contributed by atoms with Gasteiger partial charge < -0.3 is 10.4 Å². The Balaban J connectivity index is 1.65. The molecule has 120 valence electrons. The number of hydrogen-bond donors (Lipinski definition) is 2. The first-order chi connectivity index (χ1) is 10.8. The minimum Gasteiger partial charge on any atom is -0.481 e. The van der Waals surface area contributed by atoms with Gasteiger partial charge in [0.2, 0.25) is 5.91 Å². The number of nitrogens with one attached hydrogen (secondary N) is 1. The molecule has 1 saturated carbocycles. The van der Waals surface area contributed by atoms with Gasteiger partial charge >= 0.3 is 5.97 Å². The SMILES string of the molecule is O=C(CN1C(=O)c2ccc(Br)cc2C1=O)NCC1(C(=O)O)CC1. The van der Waals surface area contributed by atoms with E-state index in [4.69, 9.17) is 5.11 Å². The number of carbonyl (C=O) groups is 4. The second-order valence-corrected chi connectivity index (χ2v) is 6.66. The van der Waals surface area contributed by atoms with E-state index in [0.29, 0.717) is 17.3 Å². The van der Waals surface area contributed by atoms with Crippen molar-refractivity contribution in [2.45, 2.75) is 12.8 Å². The van der Waals surface area contributed by atoms with E-state index >= 15 is 0 Å². The summed E-state index contributed by atoms with van der Waals surface area (Å²) in [6, 6.07) is 4.72. The third kappa shape index (κ3) is 2.74. The van der Waals surface area contributed by atoms with Crippen LogP contribution in [0.2, 0.25) is 0 Å². The lowest BCUT2D eigenvalue weighted by Crippen LogP contribution is -2.43. The summed E-state index contributed by atoms with van der Waals surface area (Å²) in [6.07, 6.45) is 1.04. The van der Waals surface area contributed by atoms with Crippen LogP contribution >= 0.6 is 15.9 Å². The Kier molecular flexibility index (Phi) is 3.71. The standard InChI is InChI=1S/C15H13BrN2O5/c16-8-1-2-9-10(5-8)13(21)18(12(9)20)6-11(19)17-7-15(3-4-15)14(22)23/h1-2,5H,3-4,6-7H2,(H,17,19)(H,22,23). The number of amides is 3. The van der Waals surface area contributed by atoms with Crippen LogP contribution in [0.3, 0.4) is 0 Å². The molecule has 1 aliphatic heterocycles.